The maximum absolute atomic E-state index is 15.1. The molecule has 2 fully saturated rings. The summed E-state index contributed by atoms with van der Waals surface area (Å²) in [5, 5.41) is 2.45. The van der Waals surface area contributed by atoms with E-state index in [1.165, 1.54) is 12.1 Å². The lowest BCUT2D eigenvalue weighted by Crippen LogP contribution is -2.50. The van der Waals surface area contributed by atoms with Crippen molar-refractivity contribution in [3.8, 4) is 0 Å². The van der Waals surface area contributed by atoms with Crippen molar-refractivity contribution in [1.82, 2.24) is 25.2 Å². The number of aromatic nitrogens is 3. The van der Waals surface area contributed by atoms with Gasteiger partial charge in [-0.15, -0.1) is 0 Å². The summed E-state index contributed by atoms with van der Waals surface area (Å²) in [6.45, 7) is 4.08. The second-order valence-electron chi connectivity index (χ2n) is 9.50. The lowest BCUT2D eigenvalue weighted by Gasteiger charge is -2.36. The third-order valence-corrected chi connectivity index (χ3v) is 6.88. The largest absolute Gasteiger partial charge is 0.365 e. The van der Waals surface area contributed by atoms with Crippen molar-refractivity contribution in [2.24, 2.45) is 0 Å². The number of aromatic amines is 1. The molecular weight excluding hydrogens is 492 g/mol. The number of hydrogen-bond acceptors (Lipinski definition) is 6. The summed E-state index contributed by atoms with van der Waals surface area (Å²) in [6.07, 6.45) is -0.407. The van der Waals surface area contributed by atoms with Gasteiger partial charge >= 0.3 is 0 Å². The molecule has 196 valence electrons. The number of fused-ring (bicyclic) bond motifs is 1. The normalized spacial score (nSPS) is 18.1. The van der Waals surface area contributed by atoms with Crippen LogP contribution in [0.1, 0.15) is 41.5 Å². The fourth-order valence-corrected chi connectivity index (χ4v) is 4.76. The first kappa shape index (κ1) is 25.1. The van der Waals surface area contributed by atoms with Gasteiger partial charge in [-0.3, -0.25) is 14.5 Å². The smallest absolute Gasteiger partial charge is 0.270 e. The van der Waals surface area contributed by atoms with E-state index in [-0.39, 0.29) is 16.9 Å². The van der Waals surface area contributed by atoms with E-state index in [1.807, 2.05) is 11.8 Å². The number of halogens is 4. The summed E-state index contributed by atoms with van der Waals surface area (Å²) >= 11 is 0. The highest BCUT2D eigenvalue weighted by Crippen LogP contribution is 2.37. The van der Waals surface area contributed by atoms with Gasteiger partial charge in [0.1, 0.15) is 16.9 Å². The first-order valence-electron chi connectivity index (χ1n) is 12.2. The molecule has 1 saturated heterocycles. The number of benzene rings is 1. The molecular formula is C25H26F4N6O2. The van der Waals surface area contributed by atoms with Crippen LogP contribution in [0.25, 0.3) is 11.0 Å². The fraction of sp³-hybridized carbons (Fsp3) is 0.440. The summed E-state index contributed by atoms with van der Waals surface area (Å²) < 4.78 is 55.8. The third kappa shape index (κ3) is 5.15. The predicted octanol–water partition coefficient (Wildman–Crippen LogP) is 3.01. The topological polar surface area (TPSA) is 94.2 Å². The number of rotatable bonds is 6. The number of pyridine rings is 1. The second-order valence-corrected chi connectivity index (χ2v) is 9.50. The number of nitrogens with zero attached hydrogens (tertiary/aromatic N) is 4. The molecule has 3 aromatic rings. The van der Waals surface area contributed by atoms with Crippen LogP contribution in [-0.2, 0) is 13.0 Å². The Bertz CT molecular complexity index is 1400. The van der Waals surface area contributed by atoms with Crippen molar-refractivity contribution in [2.45, 2.75) is 44.7 Å². The van der Waals surface area contributed by atoms with Gasteiger partial charge in [0.15, 0.2) is 5.82 Å². The minimum Gasteiger partial charge on any atom is -0.365 e. The number of piperazine rings is 1. The number of carbonyl (C=O) groups excluding carboxylic acids is 1. The van der Waals surface area contributed by atoms with Gasteiger partial charge < -0.3 is 15.2 Å². The van der Waals surface area contributed by atoms with Crippen LogP contribution in [-0.4, -0.2) is 63.9 Å². The zero-order valence-corrected chi connectivity index (χ0v) is 20.2. The van der Waals surface area contributed by atoms with Gasteiger partial charge in [-0.25, -0.2) is 23.1 Å². The summed E-state index contributed by atoms with van der Waals surface area (Å²) in [6, 6.07) is 5.54. The van der Waals surface area contributed by atoms with Crippen LogP contribution in [0, 0.1) is 11.8 Å². The SMILES string of the molecule is CCc1nc2ccc(CN3CCN(c4ccc(C(=O)NC5CC(F)(F)C5)nc4F)CC3)c(F)c2[nH]c1=O. The van der Waals surface area contributed by atoms with Crippen molar-refractivity contribution in [2.75, 3.05) is 31.1 Å². The average molecular weight is 519 g/mol. The van der Waals surface area contributed by atoms with E-state index < -0.39 is 48.0 Å². The van der Waals surface area contributed by atoms with Gasteiger partial charge in [-0.05, 0) is 24.6 Å². The molecule has 0 unspecified atom stereocenters. The molecule has 2 aromatic heterocycles. The minimum atomic E-state index is -2.77. The van der Waals surface area contributed by atoms with Crippen LogP contribution >= 0.6 is 0 Å². The molecule has 37 heavy (non-hydrogen) atoms. The highest BCUT2D eigenvalue weighted by atomic mass is 19.3. The molecule has 1 amide bonds. The van der Waals surface area contributed by atoms with Crippen LogP contribution in [0.3, 0.4) is 0 Å². The summed E-state index contributed by atoms with van der Waals surface area (Å²) in [5.41, 5.74) is 0.932. The van der Waals surface area contributed by atoms with Crippen molar-refractivity contribution < 1.29 is 22.4 Å². The molecule has 5 rings (SSSR count). The van der Waals surface area contributed by atoms with E-state index in [1.54, 1.807) is 17.0 Å². The summed E-state index contributed by atoms with van der Waals surface area (Å²) in [4.78, 5) is 38.7. The Morgan fingerprint density at radius 1 is 1.11 bits per heavy atom. The van der Waals surface area contributed by atoms with Crippen LogP contribution in [0.5, 0.6) is 0 Å². The van der Waals surface area contributed by atoms with Crippen molar-refractivity contribution in [3.63, 3.8) is 0 Å². The quantitative estimate of drug-likeness (QED) is 0.385. The molecule has 0 atom stereocenters. The molecule has 0 spiro atoms. The molecule has 2 aliphatic rings. The lowest BCUT2D eigenvalue weighted by molar-refractivity contribution is -0.0901. The molecule has 1 aliphatic heterocycles. The first-order chi connectivity index (χ1) is 17.6. The molecule has 1 aliphatic carbocycles. The van der Waals surface area contributed by atoms with E-state index in [0.717, 1.165) is 0 Å². The average Bonchev–Trinajstić information content (AvgIpc) is 2.85. The van der Waals surface area contributed by atoms with Crippen LogP contribution < -0.4 is 15.8 Å². The van der Waals surface area contributed by atoms with Crippen molar-refractivity contribution in [1.29, 1.82) is 0 Å². The number of alkyl halides is 2. The molecule has 3 heterocycles. The Kier molecular flexibility index (Phi) is 6.61. The Balaban J connectivity index is 1.20. The van der Waals surface area contributed by atoms with Crippen molar-refractivity contribution >= 4 is 22.6 Å². The van der Waals surface area contributed by atoms with E-state index in [9.17, 15) is 22.8 Å². The summed E-state index contributed by atoms with van der Waals surface area (Å²) in [7, 11) is 0. The monoisotopic (exact) mass is 518 g/mol. The lowest BCUT2D eigenvalue weighted by atomic mass is 9.88. The molecule has 1 aromatic carbocycles. The Morgan fingerprint density at radius 2 is 1.84 bits per heavy atom. The van der Waals surface area contributed by atoms with Gasteiger partial charge in [0, 0.05) is 57.2 Å². The molecule has 0 radical (unpaired) electrons. The Hall–Kier alpha value is -3.54. The number of aryl methyl sites for hydroxylation is 1. The van der Waals surface area contributed by atoms with Crippen LogP contribution in [0.2, 0.25) is 0 Å². The standard InChI is InChI=1S/C25H26F4N6O2/c1-2-16-23(36)33-21-17(31-16)4-3-14(20(21)26)13-34-7-9-35(10-8-34)19-6-5-18(32-22(19)27)24(37)30-15-11-25(28,29)12-15/h3-6,15H,2,7-13H2,1H3,(H,30,37)(H,33,36). The van der Waals surface area contributed by atoms with E-state index in [2.05, 4.69) is 20.3 Å². The third-order valence-electron chi connectivity index (χ3n) is 6.88. The zero-order valence-electron chi connectivity index (χ0n) is 20.2. The number of H-pyrrole nitrogens is 1. The maximum Gasteiger partial charge on any atom is 0.270 e. The Labute approximate surface area is 209 Å². The second kappa shape index (κ2) is 9.73. The minimum absolute atomic E-state index is 0.0848. The molecule has 12 heteroatoms. The number of amides is 1. The van der Waals surface area contributed by atoms with Gasteiger partial charge in [-0.2, -0.15) is 4.39 Å². The summed E-state index contributed by atoms with van der Waals surface area (Å²) in [5.74, 6) is -4.78. The van der Waals surface area contributed by atoms with E-state index >= 15 is 4.39 Å². The molecule has 0 bridgehead atoms. The first-order valence-corrected chi connectivity index (χ1v) is 12.2. The van der Waals surface area contributed by atoms with Gasteiger partial charge in [0.2, 0.25) is 5.95 Å². The van der Waals surface area contributed by atoms with Crippen LogP contribution in [0.4, 0.5) is 23.2 Å². The van der Waals surface area contributed by atoms with Gasteiger partial charge in [0.25, 0.3) is 17.4 Å². The number of hydrogen-bond donors (Lipinski definition) is 2. The zero-order chi connectivity index (χ0) is 26.3. The van der Waals surface area contributed by atoms with Gasteiger partial charge in [-0.1, -0.05) is 13.0 Å². The number of nitrogens with one attached hydrogen (secondary N) is 2. The molecule has 1 saturated carbocycles. The molecule has 8 nitrogen and oxygen atoms in total. The van der Waals surface area contributed by atoms with Crippen molar-refractivity contribution in [3.05, 3.63) is 63.3 Å². The van der Waals surface area contributed by atoms with Gasteiger partial charge in [0.05, 0.1) is 11.2 Å². The predicted molar refractivity (Wildman–Crippen MR) is 129 cm³/mol. The van der Waals surface area contributed by atoms with E-state index in [0.29, 0.717) is 55.9 Å². The highest BCUT2D eigenvalue weighted by molar-refractivity contribution is 5.92. The fourth-order valence-electron chi connectivity index (χ4n) is 4.76. The number of carbonyl (C=O) groups is 1. The maximum atomic E-state index is 15.1. The van der Waals surface area contributed by atoms with E-state index in [4.69, 9.17) is 0 Å². The number of anilines is 1. The molecule has 2 N–H and O–H groups in total. The Morgan fingerprint density at radius 3 is 2.49 bits per heavy atom. The van der Waals surface area contributed by atoms with Crippen LogP contribution in [0.15, 0.2) is 29.1 Å². The highest BCUT2D eigenvalue weighted by Gasteiger charge is 2.46.